The van der Waals surface area contributed by atoms with Crippen LogP contribution in [0.4, 0.5) is 0 Å². The Morgan fingerprint density at radius 3 is 2.73 bits per heavy atom. The summed E-state index contributed by atoms with van der Waals surface area (Å²) in [7, 11) is 0. The number of hydrogen-bond donors (Lipinski definition) is 1. The summed E-state index contributed by atoms with van der Waals surface area (Å²) in [6.07, 6.45) is 6.48. The van der Waals surface area contributed by atoms with Gasteiger partial charge >= 0.3 is 0 Å². The van der Waals surface area contributed by atoms with E-state index in [2.05, 4.69) is 10.3 Å². The minimum atomic E-state index is -0.0334. The van der Waals surface area contributed by atoms with Gasteiger partial charge in [-0.05, 0) is 54.5 Å². The molecule has 0 radical (unpaired) electrons. The van der Waals surface area contributed by atoms with Crippen LogP contribution in [0.3, 0.4) is 0 Å². The molecule has 1 aliphatic heterocycles. The van der Waals surface area contributed by atoms with Crippen LogP contribution in [0.15, 0.2) is 42.7 Å². The van der Waals surface area contributed by atoms with Gasteiger partial charge in [-0.3, -0.25) is 9.78 Å². The highest BCUT2D eigenvalue weighted by Crippen LogP contribution is 2.30. The lowest BCUT2D eigenvalue weighted by Gasteiger charge is -2.31. The molecule has 0 saturated carbocycles. The molecule has 1 aliphatic rings. The average molecular weight is 393 g/mol. The van der Waals surface area contributed by atoms with E-state index in [1.807, 2.05) is 30.5 Å². The maximum absolute atomic E-state index is 12.6. The quantitative estimate of drug-likeness (QED) is 0.780. The van der Waals surface area contributed by atoms with Gasteiger partial charge in [0.25, 0.3) is 0 Å². The lowest BCUT2D eigenvalue weighted by molar-refractivity contribution is -0.122. The molecule has 2 heterocycles. The molecular formula is C20H22Cl2N2O2. The van der Waals surface area contributed by atoms with E-state index in [-0.39, 0.29) is 11.9 Å². The third-order valence-electron chi connectivity index (χ3n) is 4.72. The fourth-order valence-electron chi connectivity index (χ4n) is 3.28. The van der Waals surface area contributed by atoms with E-state index in [1.54, 1.807) is 12.3 Å². The zero-order valence-corrected chi connectivity index (χ0v) is 16.0. The molecule has 26 heavy (non-hydrogen) atoms. The molecule has 1 atom stereocenters. The Bertz CT molecular complexity index is 734. The van der Waals surface area contributed by atoms with Gasteiger partial charge in [-0.2, -0.15) is 0 Å². The van der Waals surface area contributed by atoms with E-state index in [4.69, 9.17) is 27.9 Å². The van der Waals surface area contributed by atoms with Crippen LogP contribution in [-0.2, 0) is 16.0 Å². The topological polar surface area (TPSA) is 51.2 Å². The van der Waals surface area contributed by atoms with Crippen LogP contribution < -0.4 is 5.32 Å². The second-order valence-corrected chi connectivity index (χ2v) is 7.34. The number of hydrogen-bond acceptors (Lipinski definition) is 3. The molecule has 0 bridgehead atoms. The average Bonchev–Trinajstić information content (AvgIpc) is 2.68. The fraction of sp³-hybridized carbons (Fsp3) is 0.400. The van der Waals surface area contributed by atoms with Crippen LogP contribution in [0, 0.1) is 5.92 Å². The molecule has 2 aromatic rings. The van der Waals surface area contributed by atoms with Gasteiger partial charge in [0.15, 0.2) is 0 Å². The predicted molar refractivity (Wildman–Crippen MR) is 103 cm³/mol. The van der Waals surface area contributed by atoms with Crippen molar-refractivity contribution in [3.8, 4) is 0 Å². The van der Waals surface area contributed by atoms with Crippen molar-refractivity contribution in [1.29, 1.82) is 0 Å². The van der Waals surface area contributed by atoms with Crippen molar-refractivity contribution in [3.05, 3.63) is 63.9 Å². The molecule has 1 saturated heterocycles. The molecule has 138 valence electrons. The molecule has 4 nitrogen and oxygen atoms in total. The third-order valence-corrected chi connectivity index (χ3v) is 5.46. The highest BCUT2D eigenvalue weighted by molar-refractivity contribution is 6.42. The first-order chi connectivity index (χ1) is 12.6. The first-order valence-corrected chi connectivity index (χ1v) is 9.60. The van der Waals surface area contributed by atoms with Crippen LogP contribution in [0.5, 0.6) is 0 Å². The maximum atomic E-state index is 12.6. The molecular weight excluding hydrogens is 371 g/mol. The van der Waals surface area contributed by atoms with Gasteiger partial charge in [-0.15, -0.1) is 0 Å². The zero-order chi connectivity index (χ0) is 18.4. The molecule has 0 spiro atoms. The van der Waals surface area contributed by atoms with Gasteiger partial charge in [0.1, 0.15) is 0 Å². The lowest BCUT2D eigenvalue weighted by Crippen LogP contribution is -2.36. The van der Waals surface area contributed by atoms with Crippen molar-refractivity contribution in [2.45, 2.75) is 31.7 Å². The summed E-state index contributed by atoms with van der Waals surface area (Å²) in [5.41, 5.74) is 2.04. The van der Waals surface area contributed by atoms with Crippen molar-refractivity contribution >= 4 is 29.1 Å². The van der Waals surface area contributed by atoms with Crippen LogP contribution in [0.25, 0.3) is 0 Å². The Balaban J connectivity index is 1.63. The number of carbonyl (C=O) groups excluding carboxylic acids is 1. The highest BCUT2D eigenvalue weighted by atomic mass is 35.5. The van der Waals surface area contributed by atoms with E-state index >= 15 is 0 Å². The molecule has 1 amide bonds. The number of nitrogens with one attached hydrogen (secondary N) is 1. The van der Waals surface area contributed by atoms with Gasteiger partial charge in [0.05, 0.1) is 16.1 Å². The Morgan fingerprint density at radius 1 is 1.23 bits per heavy atom. The molecule has 0 aliphatic carbocycles. The molecule has 3 rings (SSSR count). The minimum Gasteiger partial charge on any atom is -0.381 e. The molecule has 6 heteroatoms. The summed E-state index contributed by atoms with van der Waals surface area (Å²) in [6, 6.07) is 9.37. The Morgan fingerprint density at radius 2 is 2.04 bits per heavy atom. The number of benzene rings is 1. The highest BCUT2D eigenvalue weighted by Gasteiger charge is 2.27. The van der Waals surface area contributed by atoms with Gasteiger partial charge in [0, 0.05) is 32.0 Å². The molecule has 1 unspecified atom stereocenters. The van der Waals surface area contributed by atoms with Crippen molar-refractivity contribution in [3.63, 3.8) is 0 Å². The Labute approximate surface area is 163 Å². The maximum Gasteiger partial charge on any atom is 0.220 e. The van der Waals surface area contributed by atoms with Crippen LogP contribution in [-0.4, -0.2) is 24.1 Å². The number of aryl methyl sites for hydroxylation is 1. The SMILES string of the molecule is O=C(CCc1ccc(Cl)c(Cl)c1)NC(c1cccnc1)C1CCOCC1. The van der Waals surface area contributed by atoms with Gasteiger partial charge in [-0.25, -0.2) is 0 Å². The fourth-order valence-corrected chi connectivity index (χ4v) is 3.60. The second-order valence-electron chi connectivity index (χ2n) is 6.53. The number of ether oxygens (including phenoxy) is 1. The number of amides is 1. The molecule has 1 fully saturated rings. The number of pyridine rings is 1. The van der Waals surface area contributed by atoms with Crippen LogP contribution in [0.1, 0.15) is 36.4 Å². The van der Waals surface area contributed by atoms with Crippen molar-refractivity contribution in [2.75, 3.05) is 13.2 Å². The van der Waals surface area contributed by atoms with E-state index in [1.165, 1.54) is 0 Å². The normalized spacial score (nSPS) is 16.2. The van der Waals surface area contributed by atoms with Crippen molar-refractivity contribution in [2.24, 2.45) is 5.92 Å². The number of rotatable bonds is 6. The minimum absolute atomic E-state index is 0.0245. The summed E-state index contributed by atoms with van der Waals surface area (Å²) >= 11 is 12.0. The standard InChI is InChI=1S/C20H22Cl2N2O2/c21-17-5-3-14(12-18(17)22)4-6-19(25)24-20(15-7-10-26-11-8-15)16-2-1-9-23-13-16/h1-3,5,9,12-13,15,20H,4,6-8,10-11H2,(H,24,25). The second kappa shape index (κ2) is 9.36. The monoisotopic (exact) mass is 392 g/mol. The first-order valence-electron chi connectivity index (χ1n) is 8.84. The summed E-state index contributed by atoms with van der Waals surface area (Å²) in [5, 5.41) is 4.24. The molecule has 1 aromatic heterocycles. The number of aromatic nitrogens is 1. The smallest absolute Gasteiger partial charge is 0.220 e. The Hall–Kier alpha value is -1.62. The Kier molecular flexibility index (Phi) is 6.89. The third kappa shape index (κ3) is 5.19. The van der Waals surface area contributed by atoms with E-state index < -0.39 is 0 Å². The van der Waals surface area contributed by atoms with E-state index in [0.29, 0.717) is 28.8 Å². The summed E-state index contributed by atoms with van der Waals surface area (Å²) < 4.78 is 5.47. The zero-order valence-electron chi connectivity index (χ0n) is 14.5. The molecule has 1 aromatic carbocycles. The van der Waals surface area contributed by atoms with Crippen molar-refractivity contribution < 1.29 is 9.53 Å². The number of halogens is 2. The van der Waals surface area contributed by atoms with Crippen LogP contribution >= 0.6 is 23.2 Å². The van der Waals surface area contributed by atoms with E-state index in [9.17, 15) is 4.79 Å². The first kappa shape index (κ1) is 19.2. The summed E-state index contributed by atoms with van der Waals surface area (Å²) in [6.45, 7) is 1.47. The summed E-state index contributed by atoms with van der Waals surface area (Å²) in [5.74, 6) is 0.387. The van der Waals surface area contributed by atoms with E-state index in [0.717, 1.165) is 37.2 Å². The largest absolute Gasteiger partial charge is 0.381 e. The predicted octanol–water partition coefficient (Wildman–Crippen LogP) is 4.61. The van der Waals surface area contributed by atoms with Gasteiger partial charge in [0.2, 0.25) is 5.91 Å². The number of nitrogens with zero attached hydrogens (tertiary/aromatic N) is 1. The van der Waals surface area contributed by atoms with Crippen LogP contribution in [0.2, 0.25) is 10.0 Å². The summed E-state index contributed by atoms with van der Waals surface area (Å²) in [4.78, 5) is 16.8. The molecule has 1 N–H and O–H groups in total. The van der Waals surface area contributed by atoms with Crippen molar-refractivity contribution in [1.82, 2.24) is 10.3 Å². The van der Waals surface area contributed by atoms with Gasteiger partial charge < -0.3 is 10.1 Å². The lowest BCUT2D eigenvalue weighted by atomic mass is 9.87. The van der Waals surface area contributed by atoms with Gasteiger partial charge in [-0.1, -0.05) is 35.3 Å². The number of carbonyl (C=O) groups is 1.